The second kappa shape index (κ2) is 9.40. The number of piperidine rings is 1. The summed E-state index contributed by atoms with van der Waals surface area (Å²) < 4.78 is 19.9. The average molecular weight is 462 g/mol. The summed E-state index contributed by atoms with van der Waals surface area (Å²) in [4.78, 5) is 15.1. The van der Waals surface area contributed by atoms with Gasteiger partial charge in [-0.1, -0.05) is 29.3 Å². The maximum absolute atomic E-state index is 13.9. The zero-order chi connectivity index (χ0) is 22.7. The predicted octanol–water partition coefficient (Wildman–Crippen LogP) is 2.16. The van der Waals surface area contributed by atoms with E-state index < -0.39 is 11.7 Å². The third-order valence-electron chi connectivity index (χ3n) is 5.33. The number of nitrogens with zero attached hydrogens (tertiary/aromatic N) is 7. The van der Waals surface area contributed by atoms with Crippen molar-refractivity contribution in [3.63, 3.8) is 0 Å². The number of rotatable bonds is 6. The van der Waals surface area contributed by atoms with E-state index in [0.717, 1.165) is 32.0 Å². The molecule has 1 unspecified atom stereocenters. The summed E-state index contributed by atoms with van der Waals surface area (Å²) in [5.41, 5.74) is 8.71. The van der Waals surface area contributed by atoms with E-state index >= 15 is 0 Å². The second-order valence-corrected chi connectivity index (χ2v) is 7.83. The molecule has 1 atom stereocenters. The van der Waals surface area contributed by atoms with Crippen molar-refractivity contribution in [3.8, 4) is 5.82 Å². The fourth-order valence-corrected chi connectivity index (χ4v) is 3.77. The number of nitrogen functional groups attached to an aromatic ring is 1. The number of amides is 1. The van der Waals surface area contributed by atoms with Crippen LogP contribution in [0.15, 0.2) is 27.9 Å². The number of nitrogens with two attached hydrogens (primary N) is 1. The first-order valence-corrected chi connectivity index (χ1v) is 10.4. The standard InChI is InChI=1S/C19H21ClFN9O2/c1-11-5-2-3-8-29(11)10-15-16(24-28-30(15)18-17(22)26-32-27-18)19(31)25-23-9-12-13(20)6-4-7-14(12)21/h4,6-7,9,11H,2-3,5,8,10H2,1H3,(H2,22,26)(H,25,31)/b23-9-. The molecular formula is C19H21ClFN9O2. The summed E-state index contributed by atoms with van der Waals surface area (Å²) in [5.74, 6) is -1.04. The van der Waals surface area contributed by atoms with Crippen LogP contribution in [0.1, 0.15) is 47.9 Å². The van der Waals surface area contributed by atoms with Crippen molar-refractivity contribution in [1.82, 2.24) is 35.6 Å². The molecule has 1 aromatic carbocycles. The molecule has 1 aliphatic heterocycles. The molecule has 3 aromatic rings. The van der Waals surface area contributed by atoms with Crippen LogP contribution in [0.25, 0.3) is 5.82 Å². The fourth-order valence-electron chi connectivity index (χ4n) is 3.56. The fraction of sp³-hybridized carbons (Fsp3) is 0.368. The summed E-state index contributed by atoms with van der Waals surface area (Å²) in [6, 6.07) is 4.56. The van der Waals surface area contributed by atoms with E-state index in [2.05, 4.69) is 47.6 Å². The summed E-state index contributed by atoms with van der Waals surface area (Å²) in [6.45, 7) is 3.37. The number of hydrogen-bond acceptors (Lipinski definition) is 9. The van der Waals surface area contributed by atoms with Gasteiger partial charge in [-0.3, -0.25) is 9.69 Å². The van der Waals surface area contributed by atoms with Gasteiger partial charge in [0.1, 0.15) is 5.82 Å². The Hall–Kier alpha value is -3.38. The van der Waals surface area contributed by atoms with Crippen molar-refractivity contribution >= 4 is 29.5 Å². The number of benzene rings is 1. The number of aromatic nitrogens is 5. The first-order valence-electron chi connectivity index (χ1n) is 10.00. The SMILES string of the molecule is CC1CCCCN1Cc1c(C(=O)N/N=C\c2c(F)cccc2Cl)nnn1-c1nonc1N. The van der Waals surface area contributed by atoms with Crippen LogP contribution in [0, 0.1) is 5.82 Å². The Morgan fingerprint density at radius 3 is 3.00 bits per heavy atom. The highest BCUT2D eigenvalue weighted by Crippen LogP contribution is 2.23. The van der Waals surface area contributed by atoms with Gasteiger partial charge in [-0.25, -0.2) is 14.4 Å². The molecule has 13 heteroatoms. The maximum Gasteiger partial charge on any atom is 0.293 e. The minimum Gasteiger partial charge on any atom is -0.378 e. The smallest absolute Gasteiger partial charge is 0.293 e. The van der Waals surface area contributed by atoms with Crippen molar-refractivity contribution < 1.29 is 13.8 Å². The van der Waals surface area contributed by atoms with Crippen molar-refractivity contribution in [1.29, 1.82) is 0 Å². The van der Waals surface area contributed by atoms with Gasteiger partial charge in [0.05, 0.1) is 16.9 Å². The Bertz CT molecular complexity index is 1130. The van der Waals surface area contributed by atoms with Crippen LogP contribution in [0.5, 0.6) is 0 Å². The van der Waals surface area contributed by atoms with Gasteiger partial charge in [0.15, 0.2) is 5.69 Å². The highest BCUT2D eigenvalue weighted by molar-refractivity contribution is 6.33. The van der Waals surface area contributed by atoms with Gasteiger partial charge in [0, 0.05) is 18.2 Å². The minimum atomic E-state index is -0.630. The van der Waals surface area contributed by atoms with Crippen LogP contribution in [-0.4, -0.2) is 54.9 Å². The molecule has 1 aliphatic rings. The number of likely N-dealkylation sites (tertiary alicyclic amines) is 1. The molecule has 11 nitrogen and oxygen atoms in total. The van der Waals surface area contributed by atoms with Gasteiger partial charge in [-0.2, -0.15) is 9.78 Å². The molecule has 32 heavy (non-hydrogen) atoms. The van der Waals surface area contributed by atoms with Crippen LogP contribution in [0.2, 0.25) is 5.02 Å². The van der Waals surface area contributed by atoms with E-state index in [-0.39, 0.29) is 27.9 Å². The molecule has 4 rings (SSSR count). The zero-order valence-corrected chi connectivity index (χ0v) is 18.0. The van der Waals surface area contributed by atoms with Gasteiger partial charge in [-0.05, 0) is 48.8 Å². The van der Waals surface area contributed by atoms with Crippen LogP contribution in [-0.2, 0) is 6.54 Å². The van der Waals surface area contributed by atoms with Gasteiger partial charge >= 0.3 is 0 Å². The molecule has 3 heterocycles. The Balaban J connectivity index is 1.61. The van der Waals surface area contributed by atoms with E-state index in [1.54, 1.807) is 0 Å². The lowest BCUT2D eigenvalue weighted by Gasteiger charge is -2.33. The highest BCUT2D eigenvalue weighted by atomic mass is 35.5. The van der Waals surface area contributed by atoms with Crippen molar-refractivity contribution in [3.05, 3.63) is 46.0 Å². The molecule has 0 saturated carbocycles. The number of anilines is 1. The lowest BCUT2D eigenvalue weighted by Crippen LogP contribution is -2.38. The first-order chi connectivity index (χ1) is 15.5. The molecule has 1 fully saturated rings. The molecular weight excluding hydrogens is 441 g/mol. The Morgan fingerprint density at radius 1 is 1.44 bits per heavy atom. The molecule has 0 radical (unpaired) electrons. The number of hydrogen-bond donors (Lipinski definition) is 2. The zero-order valence-electron chi connectivity index (χ0n) is 17.2. The number of halogens is 2. The van der Waals surface area contributed by atoms with E-state index in [4.69, 9.17) is 17.3 Å². The summed E-state index contributed by atoms with van der Waals surface area (Å²) in [6.07, 6.45) is 4.38. The second-order valence-electron chi connectivity index (χ2n) is 7.42. The molecule has 0 aliphatic carbocycles. The first kappa shape index (κ1) is 21.8. The largest absolute Gasteiger partial charge is 0.378 e. The molecule has 3 N–H and O–H groups in total. The molecule has 168 valence electrons. The van der Waals surface area contributed by atoms with E-state index in [9.17, 15) is 9.18 Å². The van der Waals surface area contributed by atoms with E-state index in [0.29, 0.717) is 18.3 Å². The highest BCUT2D eigenvalue weighted by Gasteiger charge is 2.28. The van der Waals surface area contributed by atoms with Crippen molar-refractivity contribution in [2.75, 3.05) is 12.3 Å². The molecule has 0 bridgehead atoms. The van der Waals surface area contributed by atoms with Crippen molar-refractivity contribution in [2.24, 2.45) is 5.10 Å². The molecule has 1 saturated heterocycles. The van der Waals surface area contributed by atoms with Gasteiger partial charge < -0.3 is 5.73 Å². The van der Waals surface area contributed by atoms with Crippen LogP contribution in [0.4, 0.5) is 10.2 Å². The number of hydrazone groups is 1. The monoisotopic (exact) mass is 461 g/mol. The van der Waals surface area contributed by atoms with Crippen LogP contribution >= 0.6 is 11.6 Å². The van der Waals surface area contributed by atoms with E-state index in [1.165, 1.54) is 22.9 Å². The number of nitrogens with one attached hydrogen (secondary N) is 1. The minimum absolute atomic E-state index is 0.0158. The summed E-state index contributed by atoms with van der Waals surface area (Å²) >= 11 is 5.98. The summed E-state index contributed by atoms with van der Waals surface area (Å²) in [7, 11) is 0. The Labute approximate surface area is 187 Å². The lowest BCUT2D eigenvalue weighted by atomic mass is 10.0. The molecule has 1 amide bonds. The number of carbonyl (C=O) groups is 1. The normalized spacial score (nSPS) is 17.2. The molecule has 0 spiro atoms. The Kier molecular flexibility index (Phi) is 6.42. The topological polar surface area (TPSA) is 140 Å². The van der Waals surface area contributed by atoms with Crippen LogP contribution in [0.3, 0.4) is 0 Å². The quantitative estimate of drug-likeness (QED) is 0.420. The van der Waals surface area contributed by atoms with E-state index in [1.807, 2.05) is 0 Å². The van der Waals surface area contributed by atoms with Gasteiger partial charge in [0.25, 0.3) is 5.91 Å². The molecule has 2 aromatic heterocycles. The Morgan fingerprint density at radius 2 is 2.28 bits per heavy atom. The summed E-state index contributed by atoms with van der Waals surface area (Å²) in [5, 5.41) is 19.4. The third kappa shape index (κ3) is 4.46. The lowest BCUT2D eigenvalue weighted by molar-refractivity contribution is 0.0945. The van der Waals surface area contributed by atoms with Crippen LogP contribution < -0.4 is 11.2 Å². The third-order valence-corrected chi connectivity index (χ3v) is 5.66. The van der Waals surface area contributed by atoms with Gasteiger partial charge in [0.2, 0.25) is 11.6 Å². The average Bonchev–Trinajstić information content (AvgIpc) is 3.37. The predicted molar refractivity (Wildman–Crippen MR) is 114 cm³/mol. The van der Waals surface area contributed by atoms with Gasteiger partial charge in [-0.15, -0.1) is 5.10 Å². The van der Waals surface area contributed by atoms with Crippen molar-refractivity contribution in [2.45, 2.75) is 38.8 Å². The maximum atomic E-state index is 13.9. The number of carbonyl (C=O) groups excluding carboxylic acids is 1.